The van der Waals surface area contributed by atoms with E-state index in [4.69, 9.17) is 9.47 Å². The molecule has 1 aromatic carbocycles. The highest BCUT2D eigenvalue weighted by Gasteiger charge is 2.13. The first-order valence-corrected chi connectivity index (χ1v) is 8.34. The van der Waals surface area contributed by atoms with E-state index in [-0.39, 0.29) is 5.91 Å². The van der Waals surface area contributed by atoms with Crippen molar-refractivity contribution in [2.24, 2.45) is 0 Å². The number of rotatable bonds is 6. The Morgan fingerprint density at radius 2 is 2.22 bits per heavy atom. The van der Waals surface area contributed by atoms with Gasteiger partial charge in [-0.05, 0) is 18.2 Å². The van der Waals surface area contributed by atoms with Crippen molar-refractivity contribution in [3.05, 3.63) is 45.9 Å². The predicted octanol–water partition coefficient (Wildman–Crippen LogP) is 2.83. The van der Waals surface area contributed by atoms with Crippen molar-refractivity contribution in [3.8, 4) is 11.5 Å². The minimum absolute atomic E-state index is 0.286. The summed E-state index contributed by atoms with van der Waals surface area (Å²) < 4.78 is 11.0. The number of anilines is 1. The van der Waals surface area contributed by atoms with Crippen LogP contribution in [-0.4, -0.2) is 28.2 Å². The molecule has 23 heavy (non-hydrogen) atoms. The number of methoxy groups -OCH3 is 1. The largest absolute Gasteiger partial charge is 0.493 e. The minimum Gasteiger partial charge on any atom is -0.493 e. The lowest BCUT2D eigenvalue weighted by Gasteiger charge is -2.11. The number of nitrogens with one attached hydrogen (secondary N) is 1. The maximum Gasteiger partial charge on any atom is 0.257 e. The van der Waals surface area contributed by atoms with Gasteiger partial charge >= 0.3 is 0 Å². The van der Waals surface area contributed by atoms with Gasteiger partial charge in [0.1, 0.15) is 12.1 Å². The van der Waals surface area contributed by atoms with Crippen LogP contribution in [0, 0.1) is 0 Å². The van der Waals surface area contributed by atoms with Gasteiger partial charge in [-0.3, -0.25) is 10.1 Å². The third kappa shape index (κ3) is 3.82. The van der Waals surface area contributed by atoms with Crippen molar-refractivity contribution >= 4 is 33.7 Å². The second-order valence-electron chi connectivity index (χ2n) is 4.33. The molecular weight excluding hydrogens is 336 g/mol. The van der Waals surface area contributed by atoms with Gasteiger partial charge in [-0.1, -0.05) is 11.3 Å². The summed E-state index contributed by atoms with van der Waals surface area (Å²) >= 11 is 2.76. The van der Waals surface area contributed by atoms with E-state index in [2.05, 4.69) is 20.5 Å². The normalized spacial score (nSPS) is 10.3. The molecule has 3 aromatic rings. The summed E-state index contributed by atoms with van der Waals surface area (Å²) in [6.45, 7) is 0.343. The molecule has 2 heterocycles. The quantitative estimate of drug-likeness (QED) is 0.737. The van der Waals surface area contributed by atoms with Crippen molar-refractivity contribution in [2.45, 2.75) is 6.61 Å². The van der Waals surface area contributed by atoms with E-state index in [0.29, 0.717) is 28.8 Å². The summed E-state index contributed by atoms with van der Waals surface area (Å²) in [5, 5.41) is 12.5. The zero-order valence-corrected chi connectivity index (χ0v) is 13.7. The Morgan fingerprint density at radius 3 is 2.91 bits per heavy atom. The molecular formula is C14H12N4O3S2. The molecule has 0 saturated heterocycles. The van der Waals surface area contributed by atoms with Crippen LogP contribution in [-0.2, 0) is 6.61 Å². The van der Waals surface area contributed by atoms with Gasteiger partial charge in [0.25, 0.3) is 5.91 Å². The third-order valence-electron chi connectivity index (χ3n) is 2.87. The Labute approximate surface area is 139 Å². The van der Waals surface area contributed by atoms with E-state index in [0.717, 1.165) is 5.69 Å². The van der Waals surface area contributed by atoms with Crippen LogP contribution in [0.15, 0.2) is 34.6 Å². The number of ether oxygens (including phenoxy) is 2. The van der Waals surface area contributed by atoms with Crippen LogP contribution in [0.5, 0.6) is 11.5 Å². The molecule has 1 amide bonds. The molecule has 0 spiro atoms. The number of hydrogen-bond donors (Lipinski definition) is 1. The van der Waals surface area contributed by atoms with Gasteiger partial charge in [-0.25, -0.2) is 4.98 Å². The first-order valence-electron chi connectivity index (χ1n) is 6.51. The topological polar surface area (TPSA) is 86.2 Å². The number of carbonyl (C=O) groups excluding carboxylic acids is 1. The third-order valence-corrected chi connectivity index (χ3v) is 4.11. The van der Waals surface area contributed by atoms with Gasteiger partial charge in [0.05, 0.1) is 18.3 Å². The lowest BCUT2D eigenvalue weighted by molar-refractivity contribution is 0.102. The highest BCUT2D eigenvalue weighted by atomic mass is 32.1. The molecule has 0 radical (unpaired) electrons. The SMILES string of the molecule is COc1cc(C(=O)Nc2nncs2)ccc1OCc1cscn1. The van der Waals surface area contributed by atoms with Crippen molar-refractivity contribution < 1.29 is 14.3 Å². The van der Waals surface area contributed by atoms with Crippen LogP contribution in [0.3, 0.4) is 0 Å². The number of thiazole rings is 1. The summed E-state index contributed by atoms with van der Waals surface area (Å²) in [6, 6.07) is 4.97. The number of carbonyl (C=O) groups is 1. The summed E-state index contributed by atoms with van der Waals surface area (Å²) in [4.78, 5) is 16.3. The molecule has 0 saturated carbocycles. The summed E-state index contributed by atoms with van der Waals surface area (Å²) in [7, 11) is 1.53. The fourth-order valence-electron chi connectivity index (χ4n) is 1.79. The van der Waals surface area contributed by atoms with E-state index in [9.17, 15) is 4.79 Å². The van der Waals surface area contributed by atoms with Crippen LogP contribution < -0.4 is 14.8 Å². The summed E-state index contributed by atoms with van der Waals surface area (Å²) in [5.74, 6) is 0.740. The van der Waals surface area contributed by atoms with E-state index in [1.165, 1.54) is 29.8 Å². The van der Waals surface area contributed by atoms with Gasteiger partial charge in [-0.15, -0.1) is 21.5 Å². The van der Waals surface area contributed by atoms with Crippen molar-refractivity contribution in [2.75, 3.05) is 12.4 Å². The minimum atomic E-state index is -0.286. The van der Waals surface area contributed by atoms with Crippen molar-refractivity contribution in [3.63, 3.8) is 0 Å². The first kappa shape index (κ1) is 15.4. The number of benzene rings is 1. The van der Waals surface area contributed by atoms with Crippen molar-refractivity contribution in [1.82, 2.24) is 15.2 Å². The van der Waals surface area contributed by atoms with Crippen LogP contribution in [0.1, 0.15) is 16.1 Å². The molecule has 1 N–H and O–H groups in total. The van der Waals surface area contributed by atoms with Gasteiger partial charge < -0.3 is 9.47 Å². The molecule has 0 bridgehead atoms. The Bertz CT molecular complexity index is 775. The number of hydrogen-bond acceptors (Lipinski definition) is 8. The average Bonchev–Trinajstić information content (AvgIpc) is 3.26. The van der Waals surface area contributed by atoms with E-state index >= 15 is 0 Å². The molecule has 0 aliphatic rings. The maximum absolute atomic E-state index is 12.2. The zero-order valence-electron chi connectivity index (χ0n) is 12.1. The molecule has 9 heteroatoms. The Kier molecular flexibility index (Phi) is 4.79. The lowest BCUT2D eigenvalue weighted by atomic mass is 10.2. The molecule has 2 aromatic heterocycles. The van der Waals surface area contributed by atoms with Gasteiger partial charge in [-0.2, -0.15) is 0 Å². The molecule has 0 aliphatic carbocycles. The lowest BCUT2D eigenvalue weighted by Crippen LogP contribution is -2.12. The van der Waals surface area contributed by atoms with E-state index in [1.54, 1.807) is 29.2 Å². The molecule has 0 aliphatic heterocycles. The average molecular weight is 348 g/mol. The standard InChI is InChI=1S/C14H12N4O3S2/c1-20-12-4-9(13(19)17-14-18-16-8-23-14)2-3-11(12)21-5-10-6-22-7-15-10/h2-4,6-8H,5H2,1H3,(H,17,18,19). The van der Waals surface area contributed by atoms with Crippen molar-refractivity contribution in [1.29, 1.82) is 0 Å². The number of nitrogens with zero attached hydrogens (tertiary/aromatic N) is 3. The molecule has 3 rings (SSSR count). The van der Waals surface area contributed by atoms with Crippen LogP contribution >= 0.6 is 22.7 Å². The van der Waals surface area contributed by atoms with Crippen LogP contribution in [0.4, 0.5) is 5.13 Å². The second-order valence-corrected chi connectivity index (χ2v) is 5.88. The van der Waals surface area contributed by atoms with Crippen LogP contribution in [0.25, 0.3) is 0 Å². The highest BCUT2D eigenvalue weighted by Crippen LogP contribution is 2.29. The Morgan fingerprint density at radius 1 is 1.30 bits per heavy atom. The number of amides is 1. The molecule has 0 atom stereocenters. The Balaban J connectivity index is 1.72. The van der Waals surface area contributed by atoms with E-state index < -0.39 is 0 Å². The smallest absolute Gasteiger partial charge is 0.257 e. The monoisotopic (exact) mass is 348 g/mol. The maximum atomic E-state index is 12.2. The summed E-state index contributed by atoms with van der Waals surface area (Å²) in [5.41, 5.74) is 4.58. The summed E-state index contributed by atoms with van der Waals surface area (Å²) in [6.07, 6.45) is 0. The molecule has 118 valence electrons. The van der Waals surface area contributed by atoms with Gasteiger partial charge in [0.2, 0.25) is 5.13 Å². The van der Waals surface area contributed by atoms with Gasteiger partial charge in [0.15, 0.2) is 11.5 Å². The fraction of sp³-hybridized carbons (Fsp3) is 0.143. The van der Waals surface area contributed by atoms with Gasteiger partial charge in [0, 0.05) is 10.9 Å². The second kappa shape index (κ2) is 7.16. The number of aromatic nitrogens is 3. The van der Waals surface area contributed by atoms with Crippen LogP contribution in [0.2, 0.25) is 0 Å². The van der Waals surface area contributed by atoms with E-state index in [1.807, 2.05) is 5.38 Å². The molecule has 0 fully saturated rings. The first-order chi connectivity index (χ1) is 11.3. The zero-order chi connectivity index (χ0) is 16.1. The molecule has 0 unspecified atom stereocenters. The Hall–Kier alpha value is -2.52. The predicted molar refractivity (Wildman–Crippen MR) is 87.3 cm³/mol. The highest BCUT2D eigenvalue weighted by molar-refractivity contribution is 7.13. The fourth-order valence-corrected chi connectivity index (χ4v) is 2.77. The molecule has 7 nitrogen and oxygen atoms in total.